The molecule has 1 fully saturated rings. The van der Waals surface area contributed by atoms with Crippen LogP contribution in [0.3, 0.4) is 0 Å². The molecular weight excluding hydrogens is 236 g/mol. The molecule has 2 atom stereocenters. The number of rotatable bonds is 2. The monoisotopic (exact) mass is 256 g/mol. The minimum absolute atomic E-state index is 0.250. The summed E-state index contributed by atoms with van der Waals surface area (Å²) in [5, 5.41) is 0. The smallest absolute Gasteiger partial charge is 0.227 e. The number of nitrogens with zero attached hydrogens (tertiary/aromatic N) is 2. The van der Waals surface area contributed by atoms with Crippen LogP contribution in [0.4, 0.5) is 0 Å². The highest BCUT2D eigenvalue weighted by molar-refractivity contribution is 5.79. The molecule has 0 bridgehead atoms. The lowest BCUT2D eigenvalue weighted by atomic mass is 9.83. The van der Waals surface area contributed by atoms with Crippen molar-refractivity contribution in [3.8, 4) is 0 Å². The molecule has 1 aromatic rings. The van der Waals surface area contributed by atoms with Crippen molar-refractivity contribution in [2.45, 2.75) is 26.2 Å². The number of hydrogen-bond acceptors (Lipinski definition) is 2. The highest BCUT2D eigenvalue weighted by Crippen LogP contribution is 2.35. The van der Waals surface area contributed by atoms with Crippen LogP contribution in [0.15, 0.2) is 36.2 Å². The van der Waals surface area contributed by atoms with Gasteiger partial charge in [0.05, 0.1) is 6.42 Å². The van der Waals surface area contributed by atoms with Gasteiger partial charge in [0.2, 0.25) is 5.91 Å². The minimum Gasteiger partial charge on any atom is -0.342 e. The van der Waals surface area contributed by atoms with Crippen molar-refractivity contribution in [3.05, 3.63) is 41.7 Å². The highest BCUT2D eigenvalue weighted by atomic mass is 16.2. The van der Waals surface area contributed by atoms with Crippen LogP contribution in [0.5, 0.6) is 0 Å². The van der Waals surface area contributed by atoms with Gasteiger partial charge in [-0.15, -0.1) is 0 Å². The molecule has 1 aliphatic heterocycles. The Morgan fingerprint density at radius 2 is 2.26 bits per heavy atom. The summed E-state index contributed by atoms with van der Waals surface area (Å²) >= 11 is 0. The van der Waals surface area contributed by atoms with Crippen LogP contribution in [0.2, 0.25) is 0 Å². The van der Waals surface area contributed by atoms with Gasteiger partial charge in [0, 0.05) is 25.5 Å². The first-order valence-electron chi connectivity index (χ1n) is 7.04. The van der Waals surface area contributed by atoms with E-state index in [-0.39, 0.29) is 5.91 Å². The molecule has 3 heteroatoms. The molecule has 2 heterocycles. The first kappa shape index (κ1) is 12.4. The van der Waals surface area contributed by atoms with Crippen LogP contribution in [0, 0.1) is 11.8 Å². The van der Waals surface area contributed by atoms with E-state index in [1.54, 1.807) is 12.4 Å². The normalized spacial score (nSPS) is 25.9. The van der Waals surface area contributed by atoms with Crippen LogP contribution in [0.1, 0.15) is 25.3 Å². The summed E-state index contributed by atoms with van der Waals surface area (Å²) in [6.07, 6.45) is 8.67. The molecule has 0 saturated carbocycles. The zero-order valence-corrected chi connectivity index (χ0v) is 11.4. The van der Waals surface area contributed by atoms with Crippen molar-refractivity contribution < 1.29 is 4.79 Å². The maximum absolute atomic E-state index is 12.3. The summed E-state index contributed by atoms with van der Waals surface area (Å²) in [7, 11) is 0. The first-order valence-corrected chi connectivity index (χ1v) is 7.04. The van der Waals surface area contributed by atoms with Gasteiger partial charge >= 0.3 is 0 Å². The molecular formula is C16H20N2O. The molecule has 0 unspecified atom stereocenters. The van der Waals surface area contributed by atoms with Crippen molar-refractivity contribution in [2.75, 3.05) is 13.1 Å². The van der Waals surface area contributed by atoms with Gasteiger partial charge in [0.1, 0.15) is 0 Å². The second-order valence-electron chi connectivity index (χ2n) is 5.85. The van der Waals surface area contributed by atoms with E-state index < -0.39 is 0 Å². The average Bonchev–Trinajstić information content (AvgIpc) is 2.83. The number of carbonyl (C=O) groups is 1. The minimum atomic E-state index is 0.250. The fourth-order valence-electron chi connectivity index (χ4n) is 3.28. The Bertz CT molecular complexity index is 495. The molecule has 1 saturated heterocycles. The largest absolute Gasteiger partial charge is 0.342 e. The summed E-state index contributed by atoms with van der Waals surface area (Å²) in [5.41, 5.74) is 2.50. The van der Waals surface area contributed by atoms with Gasteiger partial charge in [-0.1, -0.05) is 17.7 Å². The predicted molar refractivity (Wildman–Crippen MR) is 74.5 cm³/mol. The number of pyridine rings is 1. The molecule has 3 rings (SSSR count). The lowest BCUT2D eigenvalue weighted by Gasteiger charge is -2.21. The molecule has 0 radical (unpaired) electrons. The molecule has 0 aromatic carbocycles. The molecule has 1 aromatic heterocycles. The van der Waals surface area contributed by atoms with Crippen LogP contribution in [-0.4, -0.2) is 28.9 Å². The number of hydrogen-bond donors (Lipinski definition) is 0. The first-order chi connectivity index (χ1) is 9.22. The summed E-state index contributed by atoms with van der Waals surface area (Å²) in [4.78, 5) is 18.4. The van der Waals surface area contributed by atoms with Crippen LogP contribution < -0.4 is 0 Å². The lowest BCUT2D eigenvalue weighted by Crippen LogP contribution is -2.30. The Morgan fingerprint density at radius 1 is 1.42 bits per heavy atom. The Kier molecular flexibility index (Phi) is 3.36. The Hall–Kier alpha value is -1.64. The highest BCUT2D eigenvalue weighted by Gasteiger charge is 2.35. The van der Waals surface area contributed by atoms with Crippen molar-refractivity contribution >= 4 is 5.91 Å². The van der Waals surface area contributed by atoms with Crippen molar-refractivity contribution in [2.24, 2.45) is 11.8 Å². The number of fused-ring (bicyclic) bond motifs is 1. The van der Waals surface area contributed by atoms with E-state index in [4.69, 9.17) is 0 Å². The van der Waals surface area contributed by atoms with E-state index in [2.05, 4.69) is 22.9 Å². The number of amides is 1. The fourth-order valence-corrected chi connectivity index (χ4v) is 3.28. The summed E-state index contributed by atoms with van der Waals surface area (Å²) < 4.78 is 0. The van der Waals surface area contributed by atoms with Crippen LogP contribution >= 0.6 is 0 Å². The molecule has 100 valence electrons. The Balaban J connectivity index is 1.61. The maximum Gasteiger partial charge on any atom is 0.227 e. The molecule has 1 amide bonds. The average molecular weight is 256 g/mol. The zero-order chi connectivity index (χ0) is 13.2. The standard InChI is InChI=1S/C16H20N2O/c1-12-4-5-14-10-18(11-15(14)7-12)16(19)8-13-3-2-6-17-9-13/h2-4,6,9,14-15H,5,7-8,10-11H2,1H3/t14-,15+/m1/s1. The van der Waals surface area contributed by atoms with E-state index in [0.29, 0.717) is 18.3 Å². The topological polar surface area (TPSA) is 33.2 Å². The summed E-state index contributed by atoms with van der Waals surface area (Å²) in [6.45, 7) is 4.08. The van der Waals surface area contributed by atoms with Gasteiger partial charge < -0.3 is 4.90 Å². The molecule has 0 N–H and O–H groups in total. The Morgan fingerprint density at radius 3 is 3.05 bits per heavy atom. The van der Waals surface area contributed by atoms with Gasteiger partial charge in [-0.2, -0.15) is 0 Å². The number of aromatic nitrogens is 1. The van der Waals surface area contributed by atoms with Crippen LogP contribution in [0.25, 0.3) is 0 Å². The third-order valence-corrected chi connectivity index (χ3v) is 4.36. The predicted octanol–water partition coefficient (Wildman–Crippen LogP) is 2.44. The van der Waals surface area contributed by atoms with Gasteiger partial charge in [-0.3, -0.25) is 9.78 Å². The lowest BCUT2D eigenvalue weighted by molar-refractivity contribution is -0.129. The van der Waals surface area contributed by atoms with Crippen molar-refractivity contribution in [1.29, 1.82) is 0 Å². The van der Waals surface area contributed by atoms with Crippen LogP contribution in [-0.2, 0) is 11.2 Å². The fraction of sp³-hybridized carbons (Fsp3) is 0.500. The second-order valence-corrected chi connectivity index (χ2v) is 5.85. The quantitative estimate of drug-likeness (QED) is 0.761. The molecule has 0 spiro atoms. The third-order valence-electron chi connectivity index (χ3n) is 4.36. The number of allylic oxidation sites excluding steroid dienone is 2. The summed E-state index contributed by atoms with van der Waals surface area (Å²) in [6, 6.07) is 3.86. The maximum atomic E-state index is 12.3. The van der Waals surface area contributed by atoms with E-state index >= 15 is 0 Å². The SMILES string of the molecule is CC1=CC[C@@H]2CN(C(=O)Cc3cccnc3)C[C@@H]2C1. The van der Waals surface area contributed by atoms with Crippen molar-refractivity contribution in [1.82, 2.24) is 9.88 Å². The van der Waals surface area contributed by atoms with Gasteiger partial charge in [0.25, 0.3) is 0 Å². The number of carbonyl (C=O) groups excluding carboxylic acids is 1. The van der Waals surface area contributed by atoms with E-state index in [1.165, 1.54) is 12.0 Å². The second kappa shape index (κ2) is 5.16. The van der Waals surface area contributed by atoms with Gasteiger partial charge in [-0.05, 0) is 43.2 Å². The van der Waals surface area contributed by atoms with Crippen molar-refractivity contribution in [3.63, 3.8) is 0 Å². The number of likely N-dealkylation sites (tertiary alicyclic amines) is 1. The Labute approximate surface area is 114 Å². The van der Waals surface area contributed by atoms with Gasteiger partial charge in [0.15, 0.2) is 0 Å². The molecule has 19 heavy (non-hydrogen) atoms. The van der Waals surface area contributed by atoms with Gasteiger partial charge in [-0.25, -0.2) is 0 Å². The summed E-state index contributed by atoms with van der Waals surface area (Å²) in [5.74, 6) is 1.62. The van der Waals surface area contributed by atoms with E-state index in [9.17, 15) is 4.79 Å². The zero-order valence-electron chi connectivity index (χ0n) is 11.4. The third kappa shape index (κ3) is 2.70. The molecule has 2 aliphatic rings. The molecule has 1 aliphatic carbocycles. The van der Waals surface area contributed by atoms with E-state index in [1.807, 2.05) is 12.1 Å². The van der Waals surface area contributed by atoms with E-state index in [0.717, 1.165) is 25.1 Å². The molecule has 3 nitrogen and oxygen atoms in total.